The van der Waals surface area contributed by atoms with E-state index in [0.717, 1.165) is 17.4 Å². The van der Waals surface area contributed by atoms with Gasteiger partial charge in [-0.2, -0.15) is 0 Å². The first-order chi connectivity index (χ1) is 9.96. The minimum atomic E-state index is -4.68. The summed E-state index contributed by atoms with van der Waals surface area (Å²) in [6, 6.07) is 12.5. The molecule has 0 aromatic heterocycles. The molecule has 0 spiro atoms. The molecule has 0 aliphatic heterocycles. The third kappa shape index (κ3) is 4.80. The van der Waals surface area contributed by atoms with E-state index >= 15 is 0 Å². The van der Waals surface area contributed by atoms with Gasteiger partial charge in [0.25, 0.3) is 0 Å². The van der Waals surface area contributed by atoms with Crippen molar-refractivity contribution in [2.45, 2.75) is 6.36 Å². The summed E-state index contributed by atoms with van der Waals surface area (Å²) in [4.78, 5) is 10.5. The standard InChI is InChI=1S/C16H11F3O2/c17-16(18,19)21-15-9-7-13(8-10-15)2-1-12-3-5-14(11-20)6-4-12/h1-11H/b2-1+. The van der Waals surface area contributed by atoms with E-state index in [1.807, 2.05) is 0 Å². The molecule has 21 heavy (non-hydrogen) atoms. The zero-order valence-electron chi connectivity index (χ0n) is 10.8. The largest absolute Gasteiger partial charge is 0.573 e. The van der Waals surface area contributed by atoms with Crippen LogP contribution < -0.4 is 4.74 Å². The summed E-state index contributed by atoms with van der Waals surface area (Å²) < 4.78 is 39.8. The quantitative estimate of drug-likeness (QED) is 0.609. The number of aldehydes is 1. The van der Waals surface area contributed by atoms with E-state index < -0.39 is 6.36 Å². The maximum Gasteiger partial charge on any atom is 0.573 e. The molecule has 0 aliphatic rings. The molecular weight excluding hydrogens is 281 g/mol. The Bertz CT molecular complexity index is 626. The minimum Gasteiger partial charge on any atom is -0.406 e. The third-order valence-corrected chi connectivity index (χ3v) is 2.65. The summed E-state index contributed by atoms with van der Waals surface area (Å²) in [6.07, 6.45) is -0.369. The Hall–Kier alpha value is -2.56. The number of rotatable bonds is 4. The van der Waals surface area contributed by atoms with Crippen molar-refractivity contribution < 1.29 is 22.7 Å². The highest BCUT2D eigenvalue weighted by atomic mass is 19.4. The Morgan fingerprint density at radius 2 is 1.19 bits per heavy atom. The van der Waals surface area contributed by atoms with E-state index in [1.54, 1.807) is 36.4 Å². The van der Waals surface area contributed by atoms with Gasteiger partial charge in [0.15, 0.2) is 0 Å². The summed E-state index contributed by atoms with van der Waals surface area (Å²) in [5, 5.41) is 0. The first kappa shape index (κ1) is 14.8. The van der Waals surface area contributed by atoms with Crippen molar-refractivity contribution in [3.8, 4) is 5.75 Å². The molecule has 2 aromatic rings. The number of carbonyl (C=O) groups is 1. The number of hydrogen-bond donors (Lipinski definition) is 0. The van der Waals surface area contributed by atoms with Crippen molar-refractivity contribution in [1.82, 2.24) is 0 Å². The van der Waals surface area contributed by atoms with E-state index in [4.69, 9.17) is 0 Å². The fourth-order valence-corrected chi connectivity index (χ4v) is 1.66. The predicted octanol–water partition coefficient (Wildman–Crippen LogP) is 4.57. The van der Waals surface area contributed by atoms with Crippen molar-refractivity contribution in [3.05, 3.63) is 65.2 Å². The number of benzene rings is 2. The lowest BCUT2D eigenvalue weighted by Gasteiger charge is -2.08. The zero-order chi connectivity index (χ0) is 15.3. The molecule has 0 saturated heterocycles. The van der Waals surface area contributed by atoms with Gasteiger partial charge in [-0.05, 0) is 23.3 Å². The lowest BCUT2D eigenvalue weighted by molar-refractivity contribution is -0.274. The highest BCUT2D eigenvalue weighted by Crippen LogP contribution is 2.23. The molecule has 2 aromatic carbocycles. The molecule has 0 radical (unpaired) electrons. The molecule has 2 nitrogen and oxygen atoms in total. The maximum absolute atomic E-state index is 12.0. The molecule has 0 N–H and O–H groups in total. The zero-order valence-corrected chi connectivity index (χ0v) is 10.8. The summed E-state index contributed by atoms with van der Waals surface area (Å²) in [6.45, 7) is 0. The highest BCUT2D eigenvalue weighted by molar-refractivity contribution is 5.76. The number of alkyl halides is 3. The van der Waals surface area contributed by atoms with Gasteiger partial charge < -0.3 is 4.74 Å². The Kier molecular flexibility index (Phi) is 4.42. The molecule has 0 unspecified atom stereocenters. The number of ether oxygens (including phenoxy) is 1. The van der Waals surface area contributed by atoms with Crippen LogP contribution in [0.25, 0.3) is 12.2 Å². The van der Waals surface area contributed by atoms with Crippen LogP contribution in [0.4, 0.5) is 13.2 Å². The summed E-state index contributed by atoms with van der Waals surface area (Å²) in [5.41, 5.74) is 2.21. The van der Waals surface area contributed by atoms with E-state index in [1.165, 1.54) is 24.3 Å². The third-order valence-electron chi connectivity index (χ3n) is 2.65. The van der Waals surface area contributed by atoms with Gasteiger partial charge in [0, 0.05) is 5.56 Å². The van der Waals surface area contributed by atoms with Crippen LogP contribution in [0.2, 0.25) is 0 Å². The van der Waals surface area contributed by atoms with Gasteiger partial charge in [0.1, 0.15) is 12.0 Å². The number of halogens is 3. The van der Waals surface area contributed by atoms with E-state index in [0.29, 0.717) is 5.56 Å². The topological polar surface area (TPSA) is 26.3 Å². The molecule has 0 fully saturated rings. The Labute approximate surface area is 119 Å². The molecule has 5 heteroatoms. The van der Waals surface area contributed by atoms with Crippen LogP contribution in [0.3, 0.4) is 0 Å². The molecule has 0 saturated carbocycles. The van der Waals surface area contributed by atoms with Crippen molar-refractivity contribution >= 4 is 18.4 Å². The second kappa shape index (κ2) is 6.26. The normalized spacial score (nSPS) is 11.6. The van der Waals surface area contributed by atoms with E-state index in [-0.39, 0.29) is 5.75 Å². The van der Waals surface area contributed by atoms with Crippen LogP contribution in [-0.2, 0) is 0 Å². The van der Waals surface area contributed by atoms with Gasteiger partial charge in [0.2, 0.25) is 0 Å². The molecule has 0 atom stereocenters. The molecule has 2 rings (SSSR count). The predicted molar refractivity (Wildman–Crippen MR) is 73.9 cm³/mol. The molecule has 0 bridgehead atoms. The van der Waals surface area contributed by atoms with Gasteiger partial charge >= 0.3 is 6.36 Å². The van der Waals surface area contributed by atoms with Gasteiger partial charge in [0.05, 0.1) is 0 Å². The van der Waals surface area contributed by atoms with Crippen LogP contribution in [0, 0.1) is 0 Å². The van der Waals surface area contributed by atoms with Gasteiger partial charge in [-0.1, -0.05) is 48.6 Å². The molecule has 0 amide bonds. The average molecular weight is 292 g/mol. The maximum atomic E-state index is 12.0. The van der Waals surface area contributed by atoms with Gasteiger partial charge in [-0.25, -0.2) is 0 Å². The Balaban J connectivity index is 2.05. The average Bonchev–Trinajstić information content (AvgIpc) is 2.45. The first-order valence-corrected chi connectivity index (χ1v) is 6.05. The minimum absolute atomic E-state index is 0.255. The second-order valence-electron chi connectivity index (χ2n) is 4.23. The summed E-state index contributed by atoms with van der Waals surface area (Å²) in [5.74, 6) is -0.255. The smallest absolute Gasteiger partial charge is 0.406 e. The summed E-state index contributed by atoms with van der Waals surface area (Å²) >= 11 is 0. The highest BCUT2D eigenvalue weighted by Gasteiger charge is 2.30. The van der Waals surface area contributed by atoms with Crippen LogP contribution in [-0.4, -0.2) is 12.6 Å². The van der Waals surface area contributed by atoms with Gasteiger partial charge in [-0.15, -0.1) is 13.2 Å². The van der Waals surface area contributed by atoms with Crippen LogP contribution in [0.15, 0.2) is 48.5 Å². The number of carbonyl (C=O) groups excluding carboxylic acids is 1. The molecule has 108 valence electrons. The fourth-order valence-electron chi connectivity index (χ4n) is 1.66. The van der Waals surface area contributed by atoms with Crippen molar-refractivity contribution in [2.24, 2.45) is 0 Å². The summed E-state index contributed by atoms with van der Waals surface area (Å²) in [7, 11) is 0. The molecule has 0 aliphatic carbocycles. The SMILES string of the molecule is O=Cc1ccc(/C=C/c2ccc(OC(F)(F)F)cc2)cc1. The first-order valence-electron chi connectivity index (χ1n) is 6.05. The van der Waals surface area contributed by atoms with Crippen molar-refractivity contribution in [3.63, 3.8) is 0 Å². The fraction of sp³-hybridized carbons (Fsp3) is 0.0625. The van der Waals surface area contributed by atoms with E-state index in [2.05, 4.69) is 4.74 Å². The molecule has 0 heterocycles. The number of hydrogen-bond acceptors (Lipinski definition) is 2. The van der Waals surface area contributed by atoms with Gasteiger partial charge in [-0.3, -0.25) is 4.79 Å². The Morgan fingerprint density at radius 1 is 0.762 bits per heavy atom. The molecular formula is C16H11F3O2. The lowest BCUT2D eigenvalue weighted by atomic mass is 10.1. The second-order valence-corrected chi connectivity index (χ2v) is 4.23. The van der Waals surface area contributed by atoms with Crippen LogP contribution in [0.1, 0.15) is 21.5 Å². The monoisotopic (exact) mass is 292 g/mol. The van der Waals surface area contributed by atoms with Crippen molar-refractivity contribution in [1.29, 1.82) is 0 Å². The lowest BCUT2D eigenvalue weighted by Crippen LogP contribution is -2.16. The van der Waals surface area contributed by atoms with Crippen molar-refractivity contribution in [2.75, 3.05) is 0 Å². The Morgan fingerprint density at radius 3 is 1.62 bits per heavy atom. The van der Waals surface area contributed by atoms with Crippen LogP contribution >= 0.6 is 0 Å². The van der Waals surface area contributed by atoms with Crippen LogP contribution in [0.5, 0.6) is 5.75 Å². The van der Waals surface area contributed by atoms with E-state index in [9.17, 15) is 18.0 Å².